The zero-order valence-corrected chi connectivity index (χ0v) is 13.5. The first kappa shape index (κ1) is 11.0. The maximum absolute atomic E-state index is 7.62. The molecular formula is C21H20NO+. The van der Waals surface area contributed by atoms with Crippen LogP contribution in [0, 0.1) is 20.7 Å². The fourth-order valence-corrected chi connectivity index (χ4v) is 3.45. The van der Waals surface area contributed by atoms with E-state index in [2.05, 4.69) is 26.0 Å². The lowest BCUT2D eigenvalue weighted by molar-refractivity contribution is -0.660. The Bertz CT molecular complexity index is 1160. The Balaban J connectivity index is 2.06. The maximum Gasteiger partial charge on any atom is 0.216 e. The number of aromatic nitrogens is 1. The molecule has 2 heterocycles. The van der Waals surface area contributed by atoms with Gasteiger partial charge in [-0.3, -0.25) is 0 Å². The lowest BCUT2D eigenvalue weighted by Crippen LogP contribution is -2.31. The van der Waals surface area contributed by atoms with Gasteiger partial charge in [0.05, 0.1) is 5.56 Å². The van der Waals surface area contributed by atoms with E-state index in [0.29, 0.717) is 5.56 Å². The summed E-state index contributed by atoms with van der Waals surface area (Å²) in [7, 11) is 1.87. The van der Waals surface area contributed by atoms with Gasteiger partial charge < -0.3 is 4.42 Å². The monoisotopic (exact) mass is 305 g/mol. The molecule has 0 aliphatic heterocycles. The van der Waals surface area contributed by atoms with Gasteiger partial charge in [-0.1, -0.05) is 24.3 Å². The smallest absolute Gasteiger partial charge is 0.216 e. The molecule has 0 saturated heterocycles. The second-order valence-corrected chi connectivity index (χ2v) is 6.10. The Kier molecular flexibility index (Phi) is 2.37. The van der Waals surface area contributed by atoms with Crippen LogP contribution in [0.2, 0.25) is 0 Å². The number of nitrogens with zero attached hydrogens (tertiary/aromatic N) is 1. The molecule has 0 radical (unpaired) electrons. The minimum Gasteiger partial charge on any atom is -0.455 e. The summed E-state index contributed by atoms with van der Waals surface area (Å²) in [6, 6.07) is 13.7. The molecule has 2 aromatic heterocycles. The highest BCUT2D eigenvalue weighted by Crippen LogP contribution is 2.38. The summed E-state index contributed by atoms with van der Waals surface area (Å²) in [5, 5.41) is 2.21. The third kappa shape index (κ3) is 2.06. The molecule has 0 spiro atoms. The molecule has 0 bridgehead atoms. The summed E-state index contributed by atoms with van der Waals surface area (Å²) >= 11 is 0. The molecule has 0 amide bonds. The molecule has 0 atom stereocenters. The predicted octanol–water partition coefficient (Wildman–Crippen LogP) is 5.00. The van der Waals surface area contributed by atoms with Crippen molar-refractivity contribution in [1.82, 2.24) is 0 Å². The van der Waals surface area contributed by atoms with Gasteiger partial charge in [-0.2, -0.15) is 0 Å². The number of fused-ring (bicyclic) bond motifs is 3. The molecule has 114 valence electrons. The number of rotatable bonds is 1. The van der Waals surface area contributed by atoms with Crippen molar-refractivity contribution in [1.29, 1.82) is 0 Å². The van der Waals surface area contributed by atoms with Crippen LogP contribution in [-0.2, 0) is 7.05 Å². The number of benzene rings is 2. The van der Waals surface area contributed by atoms with Gasteiger partial charge >= 0.3 is 0 Å². The first-order valence-corrected chi connectivity index (χ1v) is 7.69. The topological polar surface area (TPSA) is 17.0 Å². The highest BCUT2D eigenvalue weighted by molar-refractivity contribution is 6.11. The van der Waals surface area contributed by atoms with E-state index in [4.69, 9.17) is 8.53 Å². The number of furan rings is 1. The van der Waals surface area contributed by atoms with Gasteiger partial charge in [0.25, 0.3) is 0 Å². The Morgan fingerprint density at radius 3 is 2.65 bits per heavy atom. The van der Waals surface area contributed by atoms with E-state index in [1.54, 1.807) is 12.3 Å². The van der Waals surface area contributed by atoms with E-state index in [1.807, 2.05) is 35.9 Å². The van der Waals surface area contributed by atoms with Crippen LogP contribution in [0.4, 0.5) is 0 Å². The molecule has 4 aromatic rings. The second-order valence-electron chi connectivity index (χ2n) is 6.10. The molecule has 0 saturated carbocycles. The van der Waals surface area contributed by atoms with Crippen LogP contribution in [-0.4, -0.2) is 0 Å². The first-order chi connectivity index (χ1) is 12.3. The molecular weight excluding hydrogens is 282 g/mol. The highest BCUT2D eigenvalue weighted by atomic mass is 16.3. The van der Waals surface area contributed by atoms with Crippen molar-refractivity contribution in [2.75, 3.05) is 0 Å². The number of aryl methyl sites for hydroxylation is 4. The average molecular weight is 305 g/mol. The quantitative estimate of drug-likeness (QED) is 0.452. The molecule has 0 unspecified atom stereocenters. The van der Waals surface area contributed by atoms with Gasteiger partial charge in [0.2, 0.25) is 5.69 Å². The summed E-state index contributed by atoms with van der Waals surface area (Å²) < 4.78 is 31.0. The second kappa shape index (κ2) is 4.95. The Morgan fingerprint density at radius 2 is 1.87 bits per heavy atom. The Hall–Kier alpha value is -2.61. The van der Waals surface area contributed by atoms with Crippen LogP contribution in [0.3, 0.4) is 0 Å². The Morgan fingerprint density at radius 1 is 1.04 bits per heavy atom. The van der Waals surface area contributed by atoms with E-state index in [1.165, 1.54) is 5.56 Å². The van der Waals surface area contributed by atoms with Gasteiger partial charge in [0, 0.05) is 26.5 Å². The zero-order valence-electron chi connectivity index (χ0n) is 16.5. The van der Waals surface area contributed by atoms with E-state index in [0.717, 1.165) is 38.8 Å². The molecule has 4 rings (SSSR count). The Labute approximate surface area is 140 Å². The van der Waals surface area contributed by atoms with Gasteiger partial charge in [-0.15, -0.1) is 0 Å². The van der Waals surface area contributed by atoms with Crippen molar-refractivity contribution in [3.8, 4) is 11.3 Å². The van der Waals surface area contributed by atoms with Crippen molar-refractivity contribution in [2.45, 2.75) is 20.7 Å². The predicted molar refractivity (Wildman–Crippen MR) is 94.5 cm³/mol. The third-order valence-electron chi connectivity index (χ3n) is 4.43. The largest absolute Gasteiger partial charge is 0.455 e. The minimum absolute atomic E-state index is 0.328. The summed E-state index contributed by atoms with van der Waals surface area (Å²) in [5.41, 5.74) is 6.25. The SMILES string of the molecule is [2H]C([2H])([2H])c1ccc(-c2c(C)cc(C)c3c2oc2ccccc23)[n+](C)c1. The average Bonchev–Trinajstić information content (AvgIpc) is 2.94. The standard InChI is InChI=1S/C21H20NO/c1-13-9-10-17(22(4)12-13)20-15(3)11-14(2)19-16-7-5-6-8-18(16)23-21(19)20/h5-12H,1-4H3/q+1/i1D3. The molecule has 23 heavy (non-hydrogen) atoms. The zero-order chi connectivity index (χ0) is 18.6. The third-order valence-corrected chi connectivity index (χ3v) is 4.43. The molecule has 2 heteroatoms. The van der Waals surface area contributed by atoms with Crippen LogP contribution >= 0.6 is 0 Å². The highest BCUT2D eigenvalue weighted by Gasteiger charge is 2.21. The van der Waals surface area contributed by atoms with E-state index in [9.17, 15) is 0 Å². The van der Waals surface area contributed by atoms with Crippen LogP contribution in [0.25, 0.3) is 33.2 Å². The fourth-order valence-electron chi connectivity index (χ4n) is 3.45. The molecule has 0 aliphatic rings. The van der Waals surface area contributed by atoms with Crippen molar-refractivity contribution < 1.29 is 13.1 Å². The van der Waals surface area contributed by atoms with Gasteiger partial charge in [0.1, 0.15) is 18.2 Å². The van der Waals surface area contributed by atoms with E-state index in [-0.39, 0.29) is 0 Å². The normalized spacial score (nSPS) is 14.0. The van der Waals surface area contributed by atoms with E-state index >= 15 is 0 Å². The van der Waals surface area contributed by atoms with Crippen LogP contribution in [0.1, 0.15) is 20.8 Å². The number of para-hydroxylation sites is 1. The van der Waals surface area contributed by atoms with Crippen LogP contribution in [0.15, 0.2) is 53.1 Å². The fraction of sp³-hybridized carbons (Fsp3) is 0.190. The molecule has 0 fully saturated rings. The minimum atomic E-state index is -2.12. The number of hydrogen-bond donors (Lipinski definition) is 0. The first-order valence-electron chi connectivity index (χ1n) is 9.19. The number of hydrogen-bond acceptors (Lipinski definition) is 1. The lowest BCUT2D eigenvalue weighted by atomic mass is 9.97. The molecule has 2 nitrogen and oxygen atoms in total. The summed E-state index contributed by atoms with van der Waals surface area (Å²) in [6.45, 7) is 2.04. The lowest BCUT2D eigenvalue weighted by Gasteiger charge is -2.08. The molecule has 2 aromatic carbocycles. The summed E-state index contributed by atoms with van der Waals surface area (Å²) in [4.78, 5) is 0. The van der Waals surface area contributed by atoms with E-state index < -0.39 is 6.85 Å². The van der Waals surface area contributed by atoms with Gasteiger partial charge in [0.15, 0.2) is 6.20 Å². The van der Waals surface area contributed by atoms with Crippen molar-refractivity contribution in [3.05, 3.63) is 65.4 Å². The van der Waals surface area contributed by atoms with Crippen molar-refractivity contribution in [3.63, 3.8) is 0 Å². The van der Waals surface area contributed by atoms with Crippen LogP contribution in [0.5, 0.6) is 0 Å². The van der Waals surface area contributed by atoms with Gasteiger partial charge in [-0.05, 0) is 44.0 Å². The van der Waals surface area contributed by atoms with Crippen molar-refractivity contribution >= 4 is 21.9 Å². The molecule has 0 aliphatic carbocycles. The summed E-state index contributed by atoms with van der Waals surface area (Å²) in [5.74, 6) is 0. The van der Waals surface area contributed by atoms with Gasteiger partial charge in [-0.25, -0.2) is 4.57 Å². The number of pyridine rings is 1. The molecule has 0 N–H and O–H groups in total. The maximum atomic E-state index is 7.62. The summed E-state index contributed by atoms with van der Waals surface area (Å²) in [6.07, 6.45) is 1.68. The van der Waals surface area contributed by atoms with Crippen LogP contribution < -0.4 is 4.57 Å². The van der Waals surface area contributed by atoms with Crippen molar-refractivity contribution in [2.24, 2.45) is 7.05 Å².